The van der Waals surface area contributed by atoms with Crippen LogP contribution in [0.5, 0.6) is 0 Å². The Morgan fingerprint density at radius 3 is 2.40 bits per heavy atom. The molecule has 1 amide bonds. The van der Waals surface area contributed by atoms with Crippen molar-refractivity contribution in [1.82, 2.24) is 24.8 Å². The summed E-state index contributed by atoms with van der Waals surface area (Å²) in [6.45, 7) is 5.18. The Balaban J connectivity index is 1.67. The predicted octanol–water partition coefficient (Wildman–Crippen LogP) is 3.91. The third-order valence-corrected chi connectivity index (χ3v) is 4.83. The van der Waals surface area contributed by atoms with Gasteiger partial charge in [-0.25, -0.2) is 8.78 Å². The van der Waals surface area contributed by atoms with Crippen molar-refractivity contribution >= 4 is 11.6 Å². The topological polar surface area (TPSA) is 77.6 Å². The van der Waals surface area contributed by atoms with Crippen LogP contribution in [0.4, 0.5) is 14.5 Å². The molecule has 0 aliphatic rings. The number of para-hydroxylation sites is 1. The van der Waals surface area contributed by atoms with Crippen LogP contribution in [-0.2, 0) is 0 Å². The van der Waals surface area contributed by atoms with Crippen LogP contribution >= 0.6 is 0 Å². The monoisotopic (exact) mass is 408 g/mol. The Morgan fingerprint density at radius 2 is 1.70 bits per heavy atom. The largest absolute Gasteiger partial charge is 0.322 e. The molecule has 2 aromatic heterocycles. The number of carbonyl (C=O) groups excluding carboxylic acids is 1. The summed E-state index contributed by atoms with van der Waals surface area (Å²) in [5.74, 6) is -0.894. The maximum Gasteiger partial charge on any atom is 0.257 e. The highest BCUT2D eigenvalue weighted by atomic mass is 19.1. The smallest absolute Gasteiger partial charge is 0.257 e. The summed E-state index contributed by atoms with van der Waals surface area (Å²) in [5.41, 5.74) is 2.56. The van der Waals surface area contributed by atoms with E-state index in [1.807, 2.05) is 0 Å². The normalized spacial score (nSPS) is 11.0. The molecule has 0 radical (unpaired) electrons. The Morgan fingerprint density at radius 1 is 0.967 bits per heavy atom. The number of rotatable bonds is 4. The van der Waals surface area contributed by atoms with Crippen LogP contribution in [0.2, 0.25) is 0 Å². The molecule has 0 bridgehead atoms. The Hall–Kier alpha value is -3.88. The SMILES string of the molecule is Cc1nnnn1-c1cc(NC(=O)c2cc(C)n(-c3ccccc3F)c2C)ccc1F. The van der Waals surface area contributed by atoms with Gasteiger partial charge in [-0.1, -0.05) is 12.1 Å². The predicted molar refractivity (Wildman–Crippen MR) is 107 cm³/mol. The van der Waals surface area contributed by atoms with Gasteiger partial charge in [0, 0.05) is 17.1 Å². The number of anilines is 1. The molecule has 0 saturated carbocycles. The zero-order chi connectivity index (χ0) is 21.4. The van der Waals surface area contributed by atoms with Crippen molar-refractivity contribution in [2.45, 2.75) is 20.8 Å². The lowest BCUT2D eigenvalue weighted by Crippen LogP contribution is -2.14. The number of amides is 1. The van der Waals surface area contributed by atoms with Crippen molar-refractivity contribution in [2.24, 2.45) is 0 Å². The quantitative estimate of drug-likeness (QED) is 0.555. The molecule has 0 fully saturated rings. The van der Waals surface area contributed by atoms with E-state index in [4.69, 9.17) is 0 Å². The Labute approximate surface area is 171 Å². The number of halogens is 2. The van der Waals surface area contributed by atoms with E-state index in [1.165, 1.54) is 28.9 Å². The summed E-state index contributed by atoms with van der Waals surface area (Å²) in [5, 5.41) is 13.8. The molecule has 9 heteroatoms. The Kier molecular flexibility index (Phi) is 4.86. The number of benzene rings is 2. The fourth-order valence-electron chi connectivity index (χ4n) is 3.40. The fourth-order valence-corrected chi connectivity index (χ4v) is 3.40. The third kappa shape index (κ3) is 3.34. The molecule has 0 spiro atoms. The van der Waals surface area contributed by atoms with Gasteiger partial charge in [0.25, 0.3) is 5.91 Å². The van der Waals surface area contributed by atoms with Crippen LogP contribution in [0, 0.1) is 32.4 Å². The highest BCUT2D eigenvalue weighted by Gasteiger charge is 2.19. The van der Waals surface area contributed by atoms with Crippen LogP contribution in [0.15, 0.2) is 48.5 Å². The van der Waals surface area contributed by atoms with E-state index in [2.05, 4.69) is 20.8 Å². The van der Waals surface area contributed by atoms with Gasteiger partial charge >= 0.3 is 0 Å². The van der Waals surface area contributed by atoms with E-state index in [0.717, 1.165) is 0 Å². The van der Waals surface area contributed by atoms with E-state index in [1.54, 1.807) is 49.6 Å². The summed E-state index contributed by atoms with van der Waals surface area (Å²) >= 11 is 0. The highest BCUT2D eigenvalue weighted by Crippen LogP contribution is 2.24. The van der Waals surface area contributed by atoms with Gasteiger partial charge < -0.3 is 9.88 Å². The minimum atomic E-state index is -0.527. The second kappa shape index (κ2) is 7.51. The lowest BCUT2D eigenvalue weighted by Gasteiger charge is -2.11. The number of aryl methyl sites for hydroxylation is 2. The minimum absolute atomic E-state index is 0.118. The molecule has 2 heterocycles. The van der Waals surface area contributed by atoms with Crippen molar-refractivity contribution in [1.29, 1.82) is 0 Å². The van der Waals surface area contributed by atoms with Crippen molar-refractivity contribution < 1.29 is 13.6 Å². The van der Waals surface area contributed by atoms with Crippen molar-refractivity contribution in [2.75, 3.05) is 5.32 Å². The number of aromatic nitrogens is 5. The first-order chi connectivity index (χ1) is 14.4. The van der Waals surface area contributed by atoms with Gasteiger partial charge in [-0.05, 0) is 67.6 Å². The molecule has 30 heavy (non-hydrogen) atoms. The molecule has 0 saturated heterocycles. The number of nitrogens with one attached hydrogen (secondary N) is 1. The van der Waals surface area contributed by atoms with Crippen molar-refractivity contribution in [3.05, 3.63) is 82.9 Å². The molecule has 0 atom stereocenters. The average Bonchev–Trinajstić information content (AvgIpc) is 3.26. The maximum atomic E-state index is 14.3. The second-order valence-corrected chi connectivity index (χ2v) is 6.83. The van der Waals surface area contributed by atoms with Crippen LogP contribution in [0.1, 0.15) is 27.6 Å². The first kappa shape index (κ1) is 19.4. The van der Waals surface area contributed by atoms with Crippen LogP contribution < -0.4 is 5.32 Å². The van der Waals surface area contributed by atoms with E-state index in [9.17, 15) is 13.6 Å². The number of nitrogens with zero attached hydrogens (tertiary/aromatic N) is 5. The molecule has 7 nitrogen and oxygen atoms in total. The fraction of sp³-hybridized carbons (Fsp3) is 0.143. The van der Waals surface area contributed by atoms with Gasteiger partial charge in [-0.2, -0.15) is 4.68 Å². The molecule has 2 aromatic carbocycles. The van der Waals surface area contributed by atoms with E-state index >= 15 is 0 Å². The zero-order valence-electron chi connectivity index (χ0n) is 16.5. The van der Waals surface area contributed by atoms with E-state index < -0.39 is 11.7 Å². The summed E-state index contributed by atoms with van der Waals surface area (Å²) in [7, 11) is 0. The second-order valence-electron chi connectivity index (χ2n) is 6.83. The standard InChI is InChI=1S/C21H18F2N6O/c1-12-10-16(13(2)28(12)19-7-5-4-6-17(19)22)21(30)24-15-8-9-18(23)20(11-15)29-14(3)25-26-27-29/h4-11H,1-3H3,(H,24,30). The molecule has 0 aliphatic carbocycles. The van der Waals surface area contributed by atoms with E-state index in [0.29, 0.717) is 34.2 Å². The summed E-state index contributed by atoms with van der Waals surface area (Å²) in [4.78, 5) is 12.9. The van der Waals surface area contributed by atoms with Gasteiger partial charge in [0.15, 0.2) is 5.82 Å². The number of hydrogen-bond donors (Lipinski definition) is 1. The van der Waals surface area contributed by atoms with Crippen LogP contribution in [0.25, 0.3) is 11.4 Å². The molecule has 1 N–H and O–H groups in total. The highest BCUT2D eigenvalue weighted by molar-refractivity contribution is 6.05. The summed E-state index contributed by atoms with van der Waals surface area (Å²) in [6.07, 6.45) is 0. The maximum absolute atomic E-state index is 14.3. The van der Waals surface area contributed by atoms with Gasteiger partial charge in [0.1, 0.15) is 17.3 Å². The number of tetrazole rings is 1. The molecule has 0 aliphatic heterocycles. The zero-order valence-corrected chi connectivity index (χ0v) is 16.5. The van der Waals surface area contributed by atoms with Crippen LogP contribution in [0.3, 0.4) is 0 Å². The molecule has 0 unspecified atom stereocenters. The molecule has 4 aromatic rings. The van der Waals surface area contributed by atoms with Crippen molar-refractivity contribution in [3.8, 4) is 11.4 Å². The Bertz CT molecular complexity index is 1260. The lowest BCUT2D eigenvalue weighted by atomic mass is 10.2. The summed E-state index contributed by atoms with van der Waals surface area (Å²) < 4.78 is 31.4. The van der Waals surface area contributed by atoms with Gasteiger partial charge in [0.05, 0.1) is 11.3 Å². The van der Waals surface area contributed by atoms with Gasteiger partial charge in [-0.15, -0.1) is 5.10 Å². The average molecular weight is 408 g/mol. The molecule has 4 rings (SSSR count). The first-order valence-electron chi connectivity index (χ1n) is 9.17. The van der Waals surface area contributed by atoms with Gasteiger partial charge in [0.2, 0.25) is 0 Å². The van der Waals surface area contributed by atoms with E-state index in [-0.39, 0.29) is 11.5 Å². The van der Waals surface area contributed by atoms with Gasteiger partial charge in [-0.3, -0.25) is 4.79 Å². The third-order valence-electron chi connectivity index (χ3n) is 4.83. The molecule has 152 valence electrons. The minimum Gasteiger partial charge on any atom is -0.322 e. The first-order valence-corrected chi connectivity index (χ1v) is 9.17. The summed E-state index contributed by atoms with van der Waals surface area (Å²) in [6, 6.07) is 12.2. The molecular weight excluding hydrogens is 390 g/mol. The molecular formula is C21H18F2N6O. The lowest BCUT2D eigenvalue weighted by molar-refractivity contribution is 0.102. The number of hydrogen-bond acceptors (Lipinski definition) is 4. The number of carbonyl (C=O) groups is 1. The van der Waals surface area contributed by atoms with Crippen molar-refractivity contribution in [3.63, 3.8) is 0 Å². The van der Waals surface area contributed by atoms with Crippen LogP contribution in [-0.4, -0.2) is 30.7 Å².